The van der Waals surface area contributed by atoms with Gasteiger partial charge in [-0.15, -0.1) is 0 Å². The van der Waals surface area contributed by atoms with Crippen molar-refractivity contribution in [1.82, 2.24) is 14.8 Å². The third kappa shape index (κ3) is 5.02. The van der Waals surface area contributed by atoms with Gasteiger partial charge in [0.2, 0.25) is 0 Å². The molecule has 0 spiro atoms. The fraction of sp³-hybridized carbons (Fsp3) is 0.250. The average Bonchev–Trinajstić information content (AvgIpc) is 3.35. The van der Waals surface area contributed by atoms with Crippen molar-refractivity contribution in [3.63, 3.8) is 0 Å². The molecule has 0 saturated heterocycles. The second-order valence-electron chi connectivity index (χ2n) is 7.51. The minimum absolute atomic E-state index is 0.190. The van der Waals surface area contributed by atoms with Crippen LogP contribution in [0.15, 0.2) is 54.7 Å². The smallest absolute Gasteiger partial charge is 0.416 e. The molecule has 33 heavy (non-hydrogen) atoms. The number of aromatic amines is 1. The summed E-state index contributed by atoms with van der Waals surface area (Å²) < 4.78 is 50.9. The summed E-state index contributed by atoms with van der Waals surface area (Å²) in [4.78, 5) is 14.9. The highest BCUT2D eigenvalue weighted by Crippen LogP contribution is 2.31. The molecule has 0 saturated carbocycles. The predicted octanol–water partition coefficient (Wildman–Crippen LogP) is 5.27. The number of alkyl halides is 3. The summed E-state index contributed by atoms with van der Waals surface area (Å²) >= 11 is 0. The number of aromatic nitrogens is 3. The first-order valence-electron chi connectivity index (χ1n) is 10.3. The molecule has 172 valence electrons. The first-order valence-corrected chi connectivity index (χ1v) is 10.3. The molecular weight excluding hydrogens is 435 g/mol. The van der Waals surface area contributed by atoms with E-state index in [1.165, 1.54) is 12.1 Å². The molecular formula is C24H22F3N3O3. The molecule has 0 aliphatic carbocycles. The molecule has 2 heterocycles. The lowest BCUT2D eigenvalue weighted by molar-refractivity contribution is -0.142. The van der Waals surface area contributed by atoms with E-state index in [1.54, 1.807) is 30.9 Å². The summed E-state index contributed by atoms with van der Waals surface area (Å²) in [6.45, 7) is 2.34. The van der Waals surface area contributed by atoms with Gasteiger partial charge >= 0.3 is 12.1 Å². The monoisotopic (exact) mass is 457 g/mol. The molecule has 0 radical (unpaired) electrons. The van der Waals surface area contributed by atoms with E-state index >= 15 is 0 Å². The van der Waals surface area contributed by atoms with E-state index in [4.69, 9.17) is 9.47 Å². The Bertz CT molecular complexity index is 1270. The van der Waals surface area contributed by atoms with Gasteiger partial charge in [0.25, 0.3) is 0 Å². The zero-order valence-corrected chi connectivity index (χ0v) is 18.1. The van der Waals surface area contributed by atoms with Gasteiger partial charge in [0, 0.05) is 35.8 Å². The number of benzene rings is 2. The number of hydrogen-bond acceptors (Lipinski definition) is 4. The number of nitrogens with one attached hydrogen (secondary N) is 1. The molecule has 0 unspecified atom stereocenters. The first kappa shape index (κ1) is 22.4. The molecule has 2 aromatic heterocycles. The quantitative estimate of drug-likeness (QED) is 0.384. The normalized spacial score (nSPS) is 11.7. The Morgan fingerprint density at radius 2 is 1.88 bits per heavy atom. The lowest BCUT2D eigenvalue weighted by Crippen LogP contribution is -2.06. The summed E-state index contributed by atoms with van der Waals surface area (Å²) in [5.74, 6) is 0.350. The van der Waals surface area contributed by atoms with E-state index in [0.717, 1.165) is 34.3 Å². The number of hydrogen-bond donors (Lipinski definition) is 1. The third-order valence-electron chi connectivity index (χ3n) is 5.25. The number of halogens is 3. The zero-order valence-electron chi connectivity index (χ0n) is 18.1. The largest absolute Gasteiger partial charge is 0.487 e. The SMILES string of the molecule is CCOC(=O)Cc1c[nH]c2cc(OCc3cc(-c4ccc(C(F)(F)F)cc4)nn3C)ccc12. The summed E-state index contributed by atoms with van der Waals surface area (Å²) in [5, 5.41) is 5.30. The van der Waals surface area contributed by atoms with Crippen molar-refractivity contribution in [2.75, 3.05) is 6.61 Å². The van der Waals surface area contributed by atoms with Crippen LogP contribution in [-0.4, -0.2) is 27.3 Å². The molecule has 4 rings (SSSR count). The Hall–Kier alpha value is -3.75. The van der Waals surface area contributed by atoms with Crippen LogP contribution in [0.5, 0.6) is 5.75 Å². The third-order valence-corrected chi connectivity index (χ3v) is 5.25. The topological polar surface area (TPSA) is 69.1 Å². The summed E-state index contributed by atoms with van der Waals surface area (Å²) in [7, 11) is 1.75. The van der Waals surface area contributed by atoms with Crippen molar-refractivity contribution in [3.8, 4) is 17.0 Å². The van der Waals surface area contributed by atoms with Crippen LogP contribution in [0.25, 0.3) is 22.2 Å². The molecule has 0 atom stereocenters. The molecule has 0 aliphatic heterocycles. The molecule has 0 bridgehead atoms. The molecule has 0 amide bonds. The Morgan fingerprint density at radius 3 is 2.58 bits per heavy atom. The number of nitrogens with zero attached hydrogens (tertiary/aromatic N) is 2. The van der Waals surface area contributed by atoms with Crippen molar-refractivity contribution < 1.29 is 27.4 Å². The van der Waals surface area contributed by atoms with Gasteiger partial charge < -0.3 is 14.5 Å². The maximum Gasteiger partial charge on any atom is 0.416 e. The van der Waals surface area contributed by atoms with Crippen LogP contribution < -0.4 is 4.74 Å². The molecule has 1 N–H and O–H groups in total. The maximum absolute atomic E-state index is 12.8. The van der Waals surface area contributed by atoms with Crippen LogP contribution in [-0.2, 0) is 35.8 Å². The number of ether oxygens (including phenoxy) is 2. The summed E-state index contributed by atoms with van der Waals surface area (Å²) in [6, 6.07) is 12.2. The van der Waals surface area contributed by atoms with Crippen LogP contribution in [0.4, 0.5) is 13.2 Å². The molecule has 6 nitrogen and oxygen atoms in total. The molecule has 2 aromatic carbocycles. The van der Waals surface area contributed by atoms with Crippen molar-refractivity contribution >= 4 is 16.9 Å². The van der Waals surface area contributed by atoms with E-state index in [1.807, 2.05) is 18.2 Å². The van der Waals surface area contributed by atoms with Crippen LogP contribution in [0.2, 0.25) is 0 Å². The van der Waals surface area contributed by atoms with Crippen LogP contribution in [0.1, 0.15) is 23.7 Å². The van der Waals surface area contributed by atoms with Crippen molar-refractivity contribution in [2.24, 2.45) is 7.05 Å². The van der Waals surface area contributed by atoms with Gasteiger partial charge in [-0.25, -0.2) is 0 Å². The average molecular weight is 457 g/mol. The number of rotatable bonds is 7. The summed E-state index contributed by atoms with van der Waals surface area (Å²) in [6.07, 6.45) is -2.40. The Kier molecular flexibility index (Phi) is 6.13. The Morgan fingerprint density at radius 1 is 1.12 bits per heavy atom. The second kappa shape index (κ2) is 9.01. The molecule has 0 aliphatic rings. The number of fused-ring (bicyclic) bond motifs is 1. The van der Waals surface area contributed by atoms with E-state index in [9.17, 15) is 18.0 Å². The lowest BCUT2D eigenvalue weighted by Gasteiger charge is -2.07. The predicted molar refractivity (Wildman–Crippen MR) is 117 cm³/mol. The van der Waals surface area contributed by atoms with Gasteiger partial charge in [-0.05, 0) is 42.8 Å². The van der Waals surface area contributed by atoms with E-state index in [2.05, 4.69) is 10.1 Å². The van der Waals surface area contributed by atoms with Gasteiger partial charge in [-0.3, -0.25) is 9.48 Å². The maximum atomic E-state index is 12.8. The fourth-order valence-electron chi connectivity index (χ4n) is 3.54. The number of H-pyrrole nitrogens is 1. The highest BCUT2D eigenvalue weighted by molar-refractivity contribution is 5.88. The summed E-state index contributed by atoms with van der Waals surface area (Å²) in [5.41, 5.74) is 2.90. The number of carbonyl (C=O) groups is 1. The zero-order chi connectivity index (χ0) is 23.6. The molecule has 4 aromatic rings. The fourth-order valence-corrected chi connectivity index (χ4v) is 3.54. The van der Waals surface area contributed by atoms with Crippen LogP contribution >= 0.6 is 0 Å². The molecule has 9 heteroatoms. The number of aryl methyl sites for hydroxylation is 1. The Labute approximate surface area is 187 Å². The Balaban J connectivity index is 1.45. The van der Waals surface area contributed by atoms with Gasteiger partial charge in [-0.2, -0.15) is 18.3 Å². The standard InChI is InChI=1S/C24H22F3N3O3/c1-3-32-23(31)10-16-13-28-22-12-19(8-9-20(16)22)33-14-18-11-21(29-30(18)2)15-4-6-17(7-5-15)24(25,26)27/h4-9,11-13,28H,3,10,14H2,1-2H3. The van der Waals surface area contributed by atoms with Crippen molar-refractivity contribution in [2.45, 2.75) is 26.1 Å². The minimum atomic E-state index is -4.37. The number of carbonyl (C=O) groups excluding carboxylic acids is 1. The lowest BCUT2D eigenvalue weighted by atomic mass is 10.1. The van der Waals surface area contributed by atoms with Gasteiger partial charge in [0.15, 0.2) is 0 Å². The highest BCUT2D eigenvalue weighted by Gasteiger charge is 2.30. The van der Waals surface area contributed by atoms with Gasteiger partial charge in [0.05, 0.1) is 30.0 Å². The highest BCUT2D eigenvalue weighted by atomic mass is 19.4. The van der Waals surface area contributed by atoms with E-state index in [-0.39, 0.29) is 19.0 Å². The van der Waals surface area contributed by atoms with Crippen molar-refractivity contribution in [3.05, 3.63) is 71.5 Å². The van der Waals surface area contributed by atoms with Crippen LogP contribution in [0, 0.1) is 0 Å². The van der Waals surface area contributed by atoms with Crippen LogP contribution in [0.3, 0.4) is 0 Å². The first-order chi connectivity index (χ1) is 15.7. The molecule has 0 fully saturated rings. The minimum Gasteiger partial charge on any atom is -0.487 e. The van der Waals surface area contributed by atoms with E-state index in [0.29, 0.717) is 23.6 Å². The van der Waals surface area contributed by atoms with Gasteiger partial charge in [0.1, 0.15) is 12.4 Å². The van der Waals surface area contributed by atoms with Gasteiger partial charge in [-0.1, -0.05) is 12.1 Å². The van der Waals surface area contributed by atoms with Crippen molar-refractivity contribution in [1.29, 1.82) is 0 Å². The van der Waals surface area contributed by atoms with E-state index < -0.39 is 11.7 Å². The number of esters is 1. The second-order valence-corrected chi connectivity index (χ2v) is 7.51.